The van der Waals surface area contributed by atoms with E-state index in [0.29, 0.717) is 12.4 Å². The summed E-state index contributed by atoms with van der Waals surface area (Å²) in [6.45, 7) is 0.342. The van der Waals surface area contributed by atoms with E-state index in [0.717, 1.165) is 0 Å². The molecule has 0 atom stereocenters. The average Bonchev–Trinajstić information content (AvgIpc) is 1.83. The maximum absolute atomic E-state index is 10.2. The fourth-order valence-corrected chi connectivity index (χ4v) is 0.366. The number of esters is 1. The highest BCUT2D eigenvalue weighted by molar-refractivity contribution is 7.80. The molecule has 0 saturated carbocycles. The molecule has 0 aromatic carbocycles. The third kappa shape index (κ3) is 4.27. The van der Waals surface area contributed by atoms with Crippen molar-refractivity contribution >= 4 is 30.2 Å². The normalized spacial score (nSPS) is 8.75. The summed E-state index contributed by atoms with van der Waals surface area (Å²) >= 11 is 8.90. The molecule has 0 bridgehead atoms. The Morgan fingerprint density at radius 2 is 2.38 bits per heavy atom. The van der Waals surface area contributed by atoms with Crippen LogP contribution < -0.4 is 0 Å². The van der Waals surface area contributed by atoms with E-state index in [1.807, 2.05) is 0 Å². The molecule has 0 fully saturated rings. The van der Waals surface area contributed by atoms with Crippen LogP contribution in [0.3, 0.4) is 0 Å². The maximum Gasteiger partial charge on any atom is 0.320 e. The lowest BCUT2D eigenvalue weighted by Crippen LogP contribution is -2.07. The molecule has 0 aliphatic carbocycles. The molecule has 0 amide bonds. The molecule has 0 spiro atoms. The van der Waals surface area contributed by atoms with Crippen molar-refractivity contribution in [3.63, 3.8) is 0 Å². The van der Waals surface area contributed by atoms with Gasteiger partial charge in [-0.25, -0.2) is 0 Å². The molecule has 0 rings (SSSR count). The molecule has 4 heteroatoms. The Morgan fingerprint density at radius 3 is 2.75 bits per heavy atom. The third-order valence-corrected chi connectivity index (χ3v) is 0.864. The molecule has 0 unspecified atom stereocenters. The van der Waals surface area contributed by atoms with E-state index in [-0.39, 0.29) is 11.8 Å². The van der Waals surface area contributed by atoms with Crippen molar-refractivity contribution in [2.75, 3.05) is 18.2 Å². The van der Waals surface area contributed by atoms with Gasteiger partial charge in [0.05, 0.1) is 0 Å². The van der Waals surface area contributed by atoms with Crippen LogP contribution in [0, 0.1) is 0 Å². The lowest BCUT2D eigenvalue weighted by Gasteiger charge is -1.95. The number of halogens is 1. The summed E-state index contributed by atoms with van der Waals surface area (Å²) in [6, 6.07) is 0. The number of ether oxygens (including phenoxy) is 1. The molecule has 0 aliphatic heterocycles. The minimum Gasteiger partial charge on any atom is -0.464 e. The van der Waals surface area contributed by atoms with Gasteiger partial charge in [-0.1, -0.05) is 0 Å². The first-order valence-corrected chi connectivity index (χ1v) is 3.30. The molecule has 0 aromatic rings. The predicted octanol–water partition coefficient (Wildman–Crippen LogP) is 0.698. The minimum absolute atomic E-state index is 0.0756. The Balaban J connectivity index is 2.99. The zero-order valence-corrected chi connectivity index (χ0v) is 5.91. The van der Waals surface area contributed by atoms with Crippen molar-refractivity contribution in [2.24, 2.45) is 0 Å². The summed E-state index contributed by atoms with van der Waals surface area (Å²) in [7, 11) is 0. The maximum atomic E-state index is 10.2. The van der Waals surface area contributed by atoms with Gasteiger partial charge in [0.15, 0.2) is 0 Å². The van der Waals surface area contributed by atoms with Crippen molar-refractivity contribution in [2.45, 2.75) is 0 Å². The largest absolute Gasteiger partial charge is 0.464 e. The van der Waals surface area contributed by atoms with Crippen molar-refractivity contribution in [3.05, 3.63) is 0 Å². The first kappa shape index (κ1) is 8.11. The second kappa shape index (κ2) is 5.25. The Morgan fingerprint density at radius 1 is 1.75 bits per heavy atom. The van der Waals surface area contributed by atoms with E-state index in [1.54, 1.807) is 0 Å². The van der Waals surface area contributed by atoms with Crippen LogP contribution in [0.1, 0.15) is 0 Å². The molecule has 48 valence electrons. The number of hydrogen-bond donors (Lipinski definition) is 1. The summed E-state index contributed by atoms with van der Waals surface area (Å²) in [5, 5.41) is 0. The zero-order chi connectivity index (χ0) is 6.41. The van der Waals surface area contributed by atoms with E-state index in [4.69, 9.17) is 11.6 Å². The lowest BCUT2D eigenvalue weighted by atomic mass is 10.8. The van der Waals surface area contributed by atoms with Crippen LogP contribution in [-0.4, -0.2) is 24.2 Å². The van der Waals surface area contributed by atoms with Crippen molar-refractivity contribution < 1.29 is 9.53 Å². The first-order valence-electron chi connectivity index (χ1n) is 2.13. The predicted molar refractivity (Wildman–Crippen MR) is 35.5 cm³/mol. The lowest BCUT2D eigenvalue weighted by molar-refractivity contribution is -0.139. The van der Waals surface area contributed by atoms with Crippen LogP contribution in [0.2, 0.25) is 0 Å². The van der Waals surface area contributed by atoms with Crippen LogP contribution in [0.15, 0.2) is 0 Å². The highest BCUT2D eigenvalue weighted by Crippen LogP contribution is 1.82. The van der Waals surface area contributed by atoms with E-state index >= 15 is 0 Å². The Labute approximate surface area is 58.6 Å². The SMILES string of the molecule is O=C(CCl)OCCS. The zero-order valence-electron chi connectivity index (χ0n) is 4.26. The van der Waals surface area contributed by atoms with Crippen LogP contribution in [0.25, 0.3) is 0 Å². The van der Waals surface area contributed by atoms with Crippen molar-refractivity contribution in [3.8, 4) is 0 Å². The molecule has 0 heterocycles. The molecule has 0 aliphatic rings. The molecule has 8 heavy (non-hydrogen) atoms. The van der Waals surface area contributed by atoms with Crippen LogP contribution in [0.5, 0.6) is 0 Å². The summed E-state index contributed by atoms with van der Waals surface area (Å²) in [6.07, 6.45) is 0. The van der Waals surface area contributed by atoms with Gasteiger partial charge in [-0.2, -0.15) is 12.6 Å². The number of thiol groups is 1. The molecule has 0 radical (unpaired) electrons. The van der Waals surface area contributed by atoms with E-state index in [1.165, 1.54) is 0 Å². The summed E-state index contributed by atoms with van der Waals surface area (Å²) < 4.78 is 4.49. The van der Waals surface area contributed by atoms with Gasteiger partial charge in [0.25, 0.3) is 0 Å². The summed E-state index contributed by atoms with van der Waals surface area (Å²) in [5.41, 5.74) is 0. The second-order valence-electron chi connectivity index (χ2n) is 1.08. The van der Waals surface area contributed by atoms with Crippen LogP contribution >= 0.6 is 24.2 Å². The number of rotatable bonds is 3. The molecule has 0 aromatic heterocycles. The monoisotopic (exact) mass is 154 g/mol. The molecule has 0 saturated heterocycles. The highest BCUT2D eigenvalue weighted by atomic mass is 35.5. The molecular formula is C4H7ClO2S. The smallest absolute Gasteiger partial charge is 0.320 e. The third-order valence-electron chi connectivity index (χ3n) is 0.463. The Kier molecular flexibility index (Phi) is 5.32. The topological polar surface area (TPSA) is 26.3 Å². The second-order valence-corrected chi connectivity index (χ2v) is 1.79. The van der Waals surface area contributed by atoms with Crippen LogP contribution in [-0.2, 0) is 9.53 Å². The number of carbonyl (C=O) groups is 1. The van der Waals surface area contributed by atoms with Gasteiger partial charge in [-0.15, -0.1) is 11.6 Å². The van der Waals surface area contributed by atoms with Crippen molar-refractivity contribution in [1.29, 1.82) is 0 Å². The van der Waals surface area contributed by atoms with Gasteiger partial charge >= 0.3 is 5.97 Å². The van der Waals surface area contributed by atoms with Crippen LogP contribution in [0.4, 0.5) is 0 Å². The number of carbonyl (C=O) groups excluding carboxylic acids is 1. The average molecular weight is 155 g/mol. The standard InChI is InChI=1S/C4H7ClO2S/c5-3-4(6)7-1-2-8/h8H,1-3H2. The van der Waals surface area contributed by atoms with Crippen molar-refractivity contribution in [1.82, 2.24) is 0 Å². The van der Waals surface area contributed by atoms with E-state index < -0.39 is 0 Å². The summed E-state index contributed by atoms with van der Waals surface area (Å²) in [4.78, 5) is 10.2. The van der Waals surface area contributed by atoms with Gasteiger partial charge in [0.1, 0.15) is 12.5 Å². The molecule has 2 nitrogen and oxygen atoms in total. The highest BCUT2D eigenvalue weighted by Gasteiger charge is 1.95. The minimum atomic E-state index is -0.388. The quantitative estimate of drug-likeness (QED) is 0.368. The fourth-order valence-electron chi connectivity index (χ4n) is 0.198. The molecular weight excluding hydrogens is 148 g/mol. The first-order chi connectivity index (χ1) is 3.81. The van der Waals surface area contributed by atoms with Gasteiger partial charge in [0, 0.05) is 5.75 Å². The summed E-state index contributed by atoms with van der Waals surface area (Å²) in [5.74, 6) is 0.0804. The fraction of sp³-hybridized carbons (Fsp3) is 0.750. The van der Waals surface area contributed by atoms with Gasteiger partial charge in [0.2, 0.25) is 0 Å². The Hall–Kier alpha value is 0.110. The molecule has 0 N–H and O–H groups in total. The Bertz CT molecular complexity index is 76.4. The van der Waals surface area contributed by atoms with E-state index in [2.05, 4.69) is 17.4 Å². The van der Waals surface area contributed by atoms with Gasteiger partial charge in [-0.3, -0.25) is 4.79 Å². The number of hydrogen-bond acceptors (Lipinski definition) is 3. The van der Waals surface area contributed by atoms with Gasteiger partial charge < -0.3 is 4.74 Å². The number of alkyl halides is 1. The van der Waals surface area contributed by atoms with Gasteiger partial charge in [-0.05, 0) is 0 Å². The van der Waals surface area contributed by atoms with E-state index in [9.17, 15) is 4.79 Å².